The number of carbonyl (C=O) groups excluding carboxylic acids is 5. The lowest BCUT2D eigenvalue weighted by Crippen LogP contribution is -2.59. The number of amides is 5. The Kier molecular flexibility index (Phi) is 21.7. The number of nitrogens with one attached hydrogen (secondary N) is 6. The van der Waals surface area contributed by atoms with Gasteiger partial charge < -0.3 is 46.3 Å². The van der Waals surface area contributed by atoms with E-state index < -0.39 is 30.3 Å². The summed E-state index contributed by atoms with van der Waals surface area (Å²) in [6, 6.07) is 28.8. The molecule has 75 heavy (non-hydrogen) atoms. The molecule has 5 amide bonds. The van der Waals surface area contributed by atoms with Crippen LogP contribution in [-0.4, -0.2) is 135 Å². The zero-order valence-corrected chi connectivity index (χ0v) is 45.9. The predicted octanol–water partition coefficient (Wildman–Crippen LogP) is 6.61. The van der Waals surface area contributed by atoms with E-state index in [0.717, 1.165) is 89.6 Å². The quantitative estimate of drug-likeness (QED) is 0.0418. The first-order chi connectivity index (χ1) is 35.4. The molecule has 0 saturated carbocycles. The Labute approximate surface area is 455 Å². The van der Waals surface area contributed by atoms with Gasteiger partial charge in [-0.2, -0.15) is 0 Å². The summed E-state index contributed by atoms with van der Waals surface area (Å²) < 4.78 is 12.7. The number of halogens is 2. The average molecular weight is 1070 g/mol. The molecule has 406 valence electrons. The summed E-state index contributed by atoms with van der Waals surface area (Å²) in [5.41, 5.74) is 8.74. The number of rotatable bonds is 24. The number of carbonyl (C=O) groups is 5. The summed E-state index contributed by atoms with van der Waals surface area (Å²) in [6.45, 7) is 9.84. The standard InChI is InChI=1S/C58H76N8O7.2ClH/c1-36(59-5)54(67)61-48(35-65-31-19-29-49(65)56(69)63-52-44-25-13-9-21-40(44)41-22-10-14-26-45(41)52)38(3)72-33-17-7-8-18-34-73-39(4)51(62-55(68)37(2)60-6)58(71)66-32-20-30-50(66)57(70)64-53-46-27-15-11-23-42(46)43-24-12-16-28-47(43)53;;/h9-16,21-28,36-39,48-53,59-60H,7-8,17-20,29-35H2,1-6H3,(H,61,67)(H,62,68)(H,63,69)(H,64,70);2*1H/t36-,37-,38+,39+,48+,49-,50-,51-;;/m0../s1. The Hall–Kier alpha value is -5.39. The van der Waals surface area contributed by atoms with E-state index in [2.05, 4.69) is 73.2 Å². The number of ether oxygens (including phenoxy) is 2. The Morgan fingerprint density at radius 3 is 1.44 bits per heavy atom. The van der Waals surface area contributed by atoms with Gasteiger partial charge >= 0.3 is 0 Å². The van der Waals surface area contributed by atoms with Crippen molar-refractivity contribution in [1.29, 1.82) is 0 Å². The van der Waals surface area contributed by atoms with Crippen molar-refractivity contribution >= 4 is 54.3 Å². The molecule has 2 aliphatic carbocycles. The Morgan fingerprint density at radius 1 is 0.547 bits per heavy atom. The molecule has 2 fully saturated rings. The van der Waals surface area contributed by atoms with Crippen LogP contribution in [-0.2, 0) is 33.4 Å². The zero-order chi connectivity index (χ0) is 51.6. The van der Waals surface area contributed by atoms with E-state index in [1.54, 1.807) is 32.8 Å². The minimum absolute atomic E-state index is 0. The fraction of sp³-hybridized carbons (Fsp3) is 0.500. The van der Waals surface area contributed by atoms with Crippen molar-refractivity contribution in [3.8, 4) is 22.3 Å². The largest absolute Gasteiger partial charge is 0.376 e. The van der Waals surface area contributed by atoms with Crippen molar-refractivity contribution in [2.45, 2.75) is 140 Å². The Morgan fingerprint density at radius 2 is 0.960 bits per heavy atom. The van der Waals surface area contributed by atoms with Gasteiger partial charge in [-0.05, 0) is 131 Å². The first-order valence-electron chi connectivity index (χ1n) is 26.6. The van der Waals surface area contributed by atoms with Crippen molar-refractivity contribution < 1.29 is 33.4 Å². The van der Waals surface area contributed by atoms with Gasteiger partial charge in [-0.15, -0.1) is 24.8 Å². The first kappa shape index (κ1) is 58.9. The van der Waals surface area contributed by atoms with Gasteiger partial charge in [-0.1, -0.05) is 110 Å². The van der Waals surface area contributed by atoms with Crippen LogP contribution in [0, 0.1) is 0 Å². The van der Waals surface area contributed by atoms with E-state index in [4.69, 9.17) is 9.47 Å². The van der Waals surface area contributed by atoms with Crippen LogP contribution in [0.25, 0.3) is 22.3 Å². The second-order valence-electron chi connectivity index (χ2n) is 20.3. The van der Waals surface area contributed by atoms with Gasteiger partial charge in [0.1, 0.15) is 12.1 Å². The highest BCUT2D eigenvalue weighted by Gasteiger charge is 2.42. The molecule has 15 nitrogen and oxygen atoms in total. The van der Waals surface area contributed by atoms with Gasteiger partial charge in [0.15, 0.2) is 0 Å². The van der Waals surface area contributed by atoms with Gasteiger partial charge in [0.05, 0.1) is 48.5 Å². The second kappa shape index (κ2) is 27.6. The summed E-state index contributed by atoms with van der Waals surface area (Å²) in [5.74, 6) is -1.02. The van der Waals surface area contributed by atoms with Crippen molar-refractivity contribution in [2.24, 2.45) is 0 Å². The second-order valence-corrected chi connectivity index (χ2v) is 20.3. The number of benzene rings is 4. The molecule has 6 N–H and O–H groups in total. The molecule has 8 rings (SSSR count). The molecule has 0 spiro atoms. The van der Waals surface area contributed by atoms with Crippen molar-refractivity contribution in [1.82, 2.24) is 41.7 Å². The summed E-state index contributed by atoms with van der Waals surface area (Å²) >= 11 is 0. The highest BCUT2D eigenvalue weighted by molar-refractivity contribution is 5.95. The SMILES string of the molecule is CN[C@@H](C)C(=O)N[C@H](C(=O)N1CCC[C@H]1C(=O)NC1c2ccccc2-c2ccccc21)[C@@H](C)OCCCCCCO[C@H](C)[C@@H](CN1CCC[C@H]1C(=O)NC1c2ccccc2-c2ccccc21)NC(=O)[C@H](C)NC.Cl.Cl. The Balaban J connectivity index is 0.00000457. The van der Waals surface area contributed by atoms with Gasteiger partial charge in [0.25, 0.3) is 0 Å². The number of hydrogen-bond donors (Lipinski definition) is 6. The topological polar surface area (TPSA) is 182 Å². The third-order valence-electron chi connectivity index (χ3n) is 15.6. The first-order valence-corrected chi connectivity index (χ1v) is 26.6. The molecule has 4 aromatic carbocycles. The van der Waals surface area contributed by atoms with E-state index in [1.807, 2.05) is 74.5 Å². The predicted molar refractivity (Wildman–Crippen MR) is 298 cm³/mol. The highest BCUT2D eigenvalue weighted by Crippen LogP contribution is 2.44. The van der Waals surface area contributed by atoms with Crippen LogP contribution in [0.3, 0.4) is 0 Å². The van der Waals surface area contributed by atoms with E-state index in [9.17, 15) is 24.0 Å². The van der Waals surface area contributed by atoms with E-state index in [-0.39, 0.29) is 84.6 Å². The van der Waals surface area contributed by atoms with E-state index in [1.165, 1.54) is 0 Å². The lowest BCUT2D eigenvalue weighted by atomic mass is 10.0. The van der Waals surface area contributed by atoms with Crippen LogP contribution >= 0.6 is 24.8 Å². The monoisotopic (exact) mass is 1070 g/mol. The highest BCUT2D eigenvalue weighted by atomic mass is 35.5. The third-order valence-corrected chi connectivity index (χ3v) is 15.6. The normalized spacial score (nSPS) is 19.1. The molecule has 4 aromatic rings. The van der Waals surface area contributed by atoms with Crippen LogP contribution in [0.5, 0.6) is 0 Å². The number of hydrogen-bond acceptors (Lipinski definition) is 10. The van der Waals surface area contributed by atoms with E-state index >= 15 is 0 Å². The molecular weight excluding hydrogens is 992 g/mol. The Bertz CT molecular complexity index is 2500. The summed E-state index contributed by atoms with van der Waals surface area (Å²) in [6.07, 6.45) is 5.09. The lowest BCUT2D eigenvalue weighted by Gasteiger charge is -2.33. The van der Waals surface area contributed by atoms with Crippen LogP contribution in [0.4, 0.5) is 0 Å². The number of likely N-dealkylation sites (N-methyl/N-ethyl adjacent to an activating group) is 2. The maximum absolute atomic E-state index is 14.4. The number of likely N-dealkylation sites (tertiary alicyclic amines) is 2. The molecule has 8 atom stereocenters. The molecule has 4 aliphatic rings. The molecule has 0 unspecified atom stereocenters. The minimum atomic E-state index is -0.989. The maximum Gasteiger partial charge on any atom is 0.248 e. The molecule has 2 aliphatic heterocycles. The fourth-order valence-electron chi connectivity index (χ4n) is 11.0. The van der Waals surface area contributed by atoms with E-state index in [0.29, 0.717) is 39.1 Å². The third kappa shape index (κ3) is 13.6. The van der Waals surface area contributed by atoms with Crippen LogP contribution in [0.1, 0.15) is 113 Å². The van der Waals surface area contributed by atoms with Crippen molar-refractivity contribution in [2.75, 3.05) is 46.9 Å². The molecule has 17 heteroatoms. The van der Waals surface area contributed by atoms with Crippen LogP contribution < -0.4 is 31.9 Å². The summed E-state index contributed by atoms with van der Waals surface area (Å²) in [4.78, 5) is 73.0. The minimum Gasteiger partial charge on any atom is -0.376 e. The molecule has 0 radical (unpaired) electrons. The summed E-state index contributed by atoms with van der Waals surface area (Å²) in [5, 5.41) is 18.8. The molecule has 0 aromatic heterocycles. The molecule has 2 saturated heterocycles. The zero-order valence-electron chi connectivity index (χ0n) is 44.3. The van der Waals surface area contributed by atoms with Crippen molar-refractivity contribution in [3.05, 3.63) is 119 Å². The van der Waals surface area contributed by atoms with Gasteiger partial charge in [0.2, 0.25) is 29.5 Å². The fourth-order valence-corrected chi connectivity index (χ4v) is 11.0. The average Bonchev–Trinajstić information content (AvgIpc) is 4.23. The summed E-state index contributed by atoms with van der Waals surface area (Å²) in [7, 11) is 3.45. The number of nitrogens with zero attached hydrogens (tertiary/aromatic N) is 2. The number of fused-ring (bicyclic) bond motifs is 6. The maximum atomic E-state index is 14.4. The van der Waals surface area contributed by atoms with Crippen molar-refractivity contribution in [3.63, 3.8) is 0 Å². The van der Waals surface area contributed by atoms with Crippen LogP contribution in [0.2, 0.25) is 0 Å². The number of unbranched alkanes of at least 4 members (excludes halogenated alkanes) is 3. The van der Waals surface area contributed by atoms with Gasteiger partial charge in [0, 0.05) is 26.3 Å². The molecular formula is C58H78Cl2N8O7. The smallest absolute Gasteiger partial charge is 0.248 e. The molecule has 0 bridgehead atoms. The van der Waals surface area contributed by atoms with Crippen LogP contribution in [0.15, 0.2) is 97.1 Å². The van der Waals surface area contributed by atoms with Gasteiger partial charge in [-0.3, -0.25) is 28.9 Å². The lowest BCUT2D eigenvalue weighted by molar-refractivity contribution is -0.145. The van der Waals surface area contributed by atoms with Gasteiger partial charge in [-0.25, -0.2) is 0 Å². The molecule has 2 heterocycles.